The van der Waals surface area contributed by atoms with Crippen molar-refractivity contribution >= 4 is 86.0 Å². The molecule has 0 aromatic heterocycles. The second-order valence-corrected chi connectivity index (χ2v) is 45.4. The molecule has 8 rings (SSSR count). The molecule has 0 fully saturated rings. The molecule has 2 radical (unpaired) electrons. The van der Waals surface area contributed by atoms with Gasteiger partial charge in [-0.15, -0.1) is 0 Å². The number of hydrogen-bond donors (Lipinski definition) is 2. The van der Waals surface area contributed by atoms with E-state index in [0.29, 0.717) is 0 Å². The van der Waals surface area contributed by atoms with Gasteiger partial charge in [0, 0.05) is 0 Å². The van der Waals surface area contributed by atoms with E-state index in [0.717, 1.165) is 22.3 Å². The van der Waals surface area contributed by atoms with Crippen LogP contribution in [-0.2, 0) is 9.59 Å². The van der Waals surface area contributed by atoms with Gasteiger partial charge in [-0.25, -0.2) is 0 Å². The molecular formula is C78H98Ge2O4Sn. The van der Waals surface area contributed by atoms with E-state index in [4.69, 9.17) is 0 Å². The fourth-order valence-corrected chi connectivity index (χ4v) is 39.5. The van der Waals surface area contributed by atoms with Gasteiger partial charge in [-0.3, -0.25) is 0 Å². The van der Waals surface area contributed by atoms with Crippen molar-refractivity contribution in [3.8, 4) is 0 Å². The standard InChI is InChI=1S/2C31H32GeO2.2C8H17.Sn/c2*1-22-9-15-26(16-10-22)32(27-17-11-23(2)12-18-27,28-19-13-24(3)14-20-28)30(21-31(33)34)29-8-6-5-7-25(29)4;2*1-3-5-7-8-6-4-2;/h2*5-20,30H,21H2,1-4H3,(H,33,34);2*1,3-8H2,2H3;. The summed E-state index contributed by atoms with van der Waals surface area (Å²) in [6.07, 6.45) is 18.0. The molecule has 8 aromatic carbocycles. The normalized spacial score (nSPS) is 12.1. The van der Waals surface area contributed by atoms with Crippen molar-refractivity contribution in [2.45, 2.75) is 178 Å². The zero-order valence-electron chi connectivity index (χ0n) is 53.2. The summed E-state index contributed by atoms with van der Waals surface area (Å²) in [5.74, 6) is -1.51. The van der Waals surface area contributed by atoms with Crippen LogP contribution in [0, 0.1) is 55.4 Å². The summed E-state index contributed by atoms with van der Waals surface area (Å²) >= 11 is -7.11. The fourth-order valence-electron chi connectivity index (χ4n) is 12.6. The Kier molecular flexibility index (Phi) is 28.6. The summed E-state index contributed by atoms with van der Waals surface area (Å²) in [5.41, 5.74) is 11.8. The Bertz CT molecular complexity index is 2800. The van der Waals surface area contributed by atoms with Gasteiger partial charge in [-0.1, -0.05) is 0 Å². The average molecular weight is 1360 g/mol. The fraction of sp³-hybridized carbons (Fsp3) is 0.359. The summed E-state index contributed by atoms with van der Waals surface area (Å²) in [7, 11) is 0. The van der Waals surface area contributed by atoms with Crippen LogP contribution in [0.4, 0.5) is 0 Å². The number of carbonyl (C=O) groups is 2. The molecule has 0 heterocycles. The molecule has 0 amide bonds. The summed E-state index contributed by atoms with van der Waals surface area (Å²) in [6, 6.07) is 69.8. The molecule has 8 aromatic rings. The van der Waals surface area contributed by atoms with Gasteiger partial charge in [0.1, 0.15) is 0 Å². The third kappa shape index (κ3) is 19.3. The number of hydrogen-bond acceptors (Lipinski definition) is 2. The summed E-state index contributed by atoms with van der Waals surface area (Å²) in [4.78, 5) is 24.9. The SMILES string of the molecule is CCCCCCC[CH2][Sn][CH2]CCCCCCC.Cc1cc[c]([Ge]([c]2ccc(C)cc2)([c]2ccc(C)cc2)[CH](CC(=O)O)c2ccccc2C)cc1.Cc1cc[c]([Ge]([c]2ccc(C)cc2)([c]2ccc(C)cc2)[CH](CC(=O)O)c2ccccc2C)cc1. The second kappa shape index (κ2) is 35.4. The predicted octanol–water partition coefficient (Wildman–Crippen LogP) is 16.6. The predicted molar refractivity (Wildman–Crippen MR) is 371 cm³/mol. The van der Waals surface area contributed by atoms with E-state index in [-0.39, 0.29) is 43.5 Å². The third-order valence-corrected chi connectivity index (χ3v) is 43.6. The Morgan fingerprint density at radius 1 is 0.329 bits per heavy atom. The molecule has 446 valence electrons. The first-order valence-electron chi connectivity index (χ1n) is 31.7. The average Bonchev–Trinajstić information content (AvgIpc) is 0.858. The van der Waals surface area contributed by atoms with Crippen LogP contribution in [0.5, 0.6) is 0 Å². The van der Waals surface area contributed by atoms with E-state index in [9.17, 15) is 19.8 Å². The summed E-state index contributed by atoms with van der Waals surface area (Å²) < 4.78 is 10.8. The molecule has 0 spiro atoms. The molecule has 2 N–H and O–H groups in total. The first-order valence-corrected chi connectivity index (χ1v) is 44.5. The van der Waals surface area contributed by atoms with Crippen molar-refractivity contribution in [1.82, 2.24) is 0 Å². The van der Waals surface area contributed by atoms with Crippen molar-refractivity contribution in [1.29, 1.82) is 0 Å². The van der Waals surface area contributed by atoms with E-state index >= 15 is 0 Å². The summed E-state index contributed by atoms with van der Waals surface area (Å²) in [5, 5.41) is 20.4. The molecule has 4 nitrogen and oxygen atoms in total. The van der Waals surface area contributed by atoms with Crippen LogP contribution in [-0.4, -0.2) is 69.8 Å². The van der Waals surface area contributed by atoms with Gasteiger partial charge in [0.15, 0.2) is 0 Å². The molecule has 85 heavy (non-hydrogen) atoms. The quantitative estimate of drug-likeness (QED) is 0.0379. The van der Waals surface area contributed by atoms with Gasteiger partial charge in [0.05, 0.1) is 0 Å². The van der Waals surface area contributed by atoms with Crippen LogP contribution < -0.4 is 26.4 Å². The number of carboxylic acids is 2. The van der Waals surface area contributed by atoms with E-state index in [2.05, 4.69) is 239 Å². The van der Waals surface area contributed by atoms with Crippen LogP contribution in [0.15, 0.2) is 194 Å². The second-order valence-electron chi connectivity index (χ2n) is 24.1. The molecule has 0 aliphatic heterocycles. The van der Waals surface area contributed by atoms with E-state index in [1.54, 1.807) is 21.7 Å². The molecule has 0 aliphatic rings. The van der Waals surface area contributed by atoms with Gasteiger partial charge in [-0.2, -0.15) is 0 Å². The molecule has 0 bridgehead atoms. The molecule has 0 saturated heterocycles. The monoisotopic (exact) mass is 1370 g/mol. The first-order chi connectivity index (χ1) is 41.0. The Labute approximate surface area is 528 Å². The van der Waals surface area contributed by atoms with Gasteiger partial charge in [0.2, 0.25) is 0 Å². The Morgan fingerprint density at radius 2 is 0.553 bits per heavy atom. The Morgan fingerprint density at radius 3 is 0.776 bits per heavy atom. The Hall–Kier alpha value is -5.42. The number of unbranched alkanes of at least 4 members (excludes halogenated alkanes) is 10. The number of carboxylic acid groups (broad SMARTS) is 2. The molecule has 2 atom stereocenters. The van der Waals surface area contributed by atoms with Crippen LogP contribution in [0.25, 0.3) is 0 Å². The van der Waals surface area contributed by atoms with Gasteiger partial charge >= 0.3 is 533 Å². The van der Waals surface area contributed by atoms with Crippen LogP contribution in [0.1, 0.15) is 169 Å². The van der Waals surface area contributed by atoms with Crippen molar-refractivity contribution < 1.29 is 19.8 Å². The van der Waals surface area contributed by atoms with Crippen molar-refractivity contribution in [2.75, 3.05) is 0 Å². The van der Waals surface area contributed by atoms with E-state index in [1.165, 1.54) is 124 Å². The molecule has 0 saturated carbocycles. The van der Waals surface area contributed by atoms with Crippen molar-refractivity contribution in [3.05, 3.63) is 250 Å². The van der Waals surface area contributed by atoms with Crippen molar-refractivity contribution in [2.24, 2.45) is 0 Å². The number of aryl methyl sites for hydroxylation is 8. The zero-order chi connectivity index (χ0) is 61.2. The van der Waals surface area contributed by atoms with E-state index in [1.807, 2.05) is 24.3 Å². The van der Waals surface area contributed by atoms with Crippen molar-refractivity contribution in [3.63, 3.8) is 0 Å². The first kappa shape index (κ1) is 68.7. The molecule has 7 heteroatoms. The molecular weight excluding hydrogens is 1260 g/mol. The molecule has 0 aliphatic carbocycles. The molecule has 2 unspecified atom stereocenters. The minimum absolute atomic E-state index is 0.0736. The van der Waals surface area contributed by atoms with E-state index < -0.39 is 38.5 Å². The maximum atomic E-state index is 12.4. The van der Waals surface area contributed by atoms with Gasteiger partial charge in [0.25, 0.3) is 0 Å². The van der Waals surface area contributed by atoms with Gasteiger partial charge in [-0.05, 0) is 0 Å². The number of aliphatic carboxylic acids is 2. The third-order valence-electron chi connectivity index (χ3n) is 17.4. The zero-order valence-corrected chi connectivity index (χ0v) is 60.2. The van der Waals surface area contributed by atoms with Crippen LogP contribution in [0.2, 0.25) is 8.87 Å². The Balaban J connectivity index is 0.000000217. The topological polar surface area (TPSA) is 74.6 Å². The maximum absolute atomic E-state index is 12.4. The van der Waals surface area contributed by atoms with Gasteiger partial charge < -0.3 is 0 Å². The van der Waals surface area contributed by atoms with Crippen LogP contribution in [0.3, 0.4) is 0 Å². The minimum atomic E-state index is -3.59. The number of benzene rings is 8. The number of rotatable bonds is 28. The van der Waals surface area contributed by atoms with Crippen LogP contribution >= 0.6 is 0 Å². The summed E-state index contributed by atoms with van der Waals surface area (Å²) in [6.45, 7) is 21.4.